The second-order valence-electron chi connectivity index (χ2n) is 3.03. The third-order valence-electron chi connectivity index (χ3n) is 1.69. The summed E-state index contributed by atoms with van der Waals surface area (Å²) in [7, 11) is 0. The summed E-state index contributed by atoms with van der Waals surface area (Å²) >= 11 is 0. The molecule has 0 bridgehead atoms. The van der Waals surface area contributed by atoms with Crippen molar-refractivity contribution in [3.05, 3.63) is 30.3 Å². The van der Waals surface area contributed by atoms with Crippen LogP contribution in [0.4, 0.5) is 0 Å². The van der Waals surface area contributed by atoms with Crippen molar-refractivity contribution in [1.29, 1.82) is 0 Å². The van der Waals surface area contributed by atoms with E-state index >= 15 is 0 Å². The van der Waals surface area contributed by atoms with Gasteiger partial charge in [-0.25, -0.2) is 0 Å². The van der Waals surface area contributed by atoms with E-state index in [1.165, 1.54) is 26.0 Å². The van der Waals surface area contributed by atoms with Crippen LogP contribution in [0.25, 0.3) is 6.08 Å². The van der Waals surface area contributed by atoms with Gasteiger partial charge in [0.1, 0.15) is 0 Å². The molecule has 0 saturated heterocycles. The minimum absolute atomic E-state index is 0.146. The molecule has 0 unspecified atom stereocenters. The van der Waals surface area contributed by atoms with Gasteiger partial charge in [0, 0.05) is 19.4 Å². The molecule has 0 aliphatic rings. The van der Waals surface area contributed by atoms with Crippen molar-refractivity contribution in [2.24, 2.45) is 0 Å². The minimum Gasteiger partial charge on any atom is -0.423 e. The first-order chi connectivity index (χ1) is 7.54. The van der Waals surface area contributed by atoms with Gasteiger partial charge in [0.05, 0.1) is 0 Å². The molecule has 16 heavy (non-hydrogen) atoms. The van der Waals surface area contributed by atoms with Gasteiger partial charge in [-0.2, -0.15) is 0 Å². The highest BCUT2D eigenvalue weighted by atomic mass is 16.6. The lowest BCUT2D eigenvalue weighted by atomic mass is 10.2. The summed E-state index contributed by atoms with van der Waals surface area (Å²) in [6, 6.07) is 4.81. The van der Waals surface area contributed by atoms with Gasteiger partial charge in [0.15, 0.2) is 11.5 Å². The largest absolute Gasteiger partial charge is 0.423 e. The number of carbonyl (C=O) groups is 2. The minimum atomic E-state index is -0.511. The number of ether oxygens (including phenoxy) is 2. The molecule has 0 N–H and O–H groups in total. The maximum absolute atomic E-state index is 10.9. The van der Waals surface area contributed by atoms with Crippen molar-refractivity contribution in [2.75, 3.05) is 0 Å². The molecule has 0 aromatic heterocycles. The Morgan fingerprint density at radius 3 is 2.31 bits per heavy atom. The summed E-state index contributed by atoms with van der Waals surface area (Å²) in [6.07, 6.45) is 1.27. The molecule has 1 radical (unpaired) electrons. The van der Waals surface area contributed by atoms with Gasteiger partial charge < -0.3 is 9.47 Å². The molecule has 0 saturated carbocycles. The molecule has 0 aliphatic heterocycles. The number of rotatable bonds is 3. The Morgan fingerprint density at radius 2 is 1.81 bits per heavy atom. The summed E-state index contributed by atoms with van der Waals surface area (Å²) in [5, 5.41) is 0. The van der Waals surface area contributed by atoms with Crippen molar-refractivity contribution in [2.45, 2.75) is 13.8 Å². The first-order valence-electron chi connectivity index (χ1n) is 4.59. The van der Waals surface area contributed by atoms with Crippen molar-refractivity contribution < 1.29 is 19.1 Å². The second kappa shape index (κ2) is 5.11. The monoisotopic (exact) mass is 219 g/mol. The van der Waals surface area contributed by atoms with Crippen molar-refractivity contribution in [3.63, 3.8) is 0 Å². The molecule has 4 heteroatoms. The zero-order valence-corrected chi connectivity index (χ0v) is 9.02. The average molecular weight is 219 g/mol. The fourth-order valence-corrected chi connectivity index (χ4v) is 1.15. The van der Waals surface area contributed by atoms with Gasteiger partial charge >= 0.3 is 11.9 Å². The van der Waals surface area contributed by atoms with E-state index < -0.39 is 11.9 Å². The van der Waals surface area contributed by atoms with E-state index in [4.69, 9.17) is 16.1 Å². The number of hydrogen-bond donors (Lipinski definition) is 0. The number of carbonyl (C=O) groups excluding carboxylic acids is 2. The highest BCUT2D eigenvalue weighted by Gasteiger charge is 2.12. The number of benzene rings is 1. The Balaban J connectivity index is 3.19. The first kappa shape index (κ1) is 12.0. The first-order valence-corrected chi connectivity index (χ1v) is 4.59. The lowest BCUT2D eigenvalue weighted by Crippen LogP contribution is -2.08. The Hall–Kier alpha value is -2.10. The molecule has 1 aromatic rings. The van der Waals surface area contributed by atoms with Crippen LogP contribution in [0.5, 0.6) is 11.5 Å². The van der Waals surface area contributed by atoms with Gasteiger partial charge in [-0.3, -0.25) is 9.59 Å². The van der Waals surface area contributed by atoms with Gasteiger partial charge in [-0.05, 0) is 6.07 Å². The van der Waals surface area contributed by atoms with Crippen LogP contribution < -0.4 is 9.47 Å². The van der Waals surface area contributed by atoms with E-state index in [1.807, 2.05) is 0 Å². The molecule has 83 valence electrons. The highest BCUT2D eigenvalue weighted by molar-refractivity contribution is 5.76. The van der Waals surface area contributed by atoms with Crippen molar-refractivity contribution in [3.8, 4) is 11.5 Å². The predicted octanol–water partition coefficient (Wildman–Crippen LogP) is 1.98. The summed E-state index contributed by atoms with van der Waals surface area (Å²) < 4.78 is 9.84. The molecule has 1 rings (SSSR count). The van der Waals surface area contributed by atoms with E-state index in [9.17, 15) is 9.59 Å². The molecule has 0 atom stereocenters. The predicted molar refractivity (Wildman–Crippen MR) is 57.8 cm³/mol. The van der Waals surface area contributed by atoms with Crippen LogP contribution in [0.15, 0.2) is 18.2 Å². The maximum atomic E-state index is 10.9. The molecule has 0 heterocycles. The van der Waals surface area contributed by atoms with Gasteiger partial charge in [-0.15, -0.1) is 0 Å². The standard InChI is InChI=1S/C12H11O4/c1-4-10-6-5-7-11(15-8(2)13)12(10)16-9(3)14/h1,4-7H,2-3H3. The molecule has 0 fully saturated rings. The van der Waals surface area contributed by atoms with E-state index in [0.717, 1.165) is 0 Å². The van der Waals surface area contributed by atoms with Crippen molar-refractivity contribution >= 4 is 18.0 Å². The quantitative estimate of drug-likeness (QED) is 0.576. The van der Waals surface area contributed by atoms with E-state index in [-0.39, 0.29) is 11.5 Å². The smallest absolute Gasteiger partial charge is 0.308 e. The summed E-state index contributed by atoms with van der Waals surface area (Å²) in [5.74, 6) is -0.695. The van der Waals surface area contributed by atoms with Crippen LogP contribution >= 0.6 is 0 Å². The fraction of sp³-hybridized carbons (Fsp3) is 0.167. The number of esters is 2. The lowest BCUT2D eigenvalue weighted by molar-refractivity contribution is -0.134. The van der Waals surface area contributed by atoms with E-state index in [0.29, 0.717) is 5.56 Å². The average Bonchev–Trinajstić information content (AvgIpc) is 2.19. The van der Waals surface area contributed by atoms with Crippen LogP contribution in [0, 0.1) is 6.58 Å². The fourth-order valence-electron chi connectivity index (χ4n) is 1.15. The van der Waals surface area contributed by atoms with Crippen LogP contribution in [0.1, 0.15) is 19.4 Å². The second-order valence-corrected chi connectivity index (χ2v) is 3.03. The Kier molecular flexibility index (Phi) is 3.83. The van der Waals surface area contributed by atoms with Crippen LogP contribution in [0.2, 0.25) is 0 Å². The van der Waals surface area contributed by atoms with Gasteiger partial charge in [-0.1, -0.05) is 24.8 Å². The summed E-state index contributed by atoms with van der Waals surface area (Å²) in [6.45, 7) is 7.88. The Labute approximate surface area is 93.5 Å². The molecule has 0 amide bonds. The molecular formula is C12H11O4. The topological polar surface area (TPSA) is 52.6 Å². The lowest BCUT2D eigenvalue weighted by Gasteiger charge is -2.10. The maximum Gasteiger partial charge on any atom is 0.308 e. The van der Waals surface area contributed by atoms with Crippen LogP contribution in [-0.2, 0) is 9.59 Å². The third kappa shape index (κ3) is 2.95. The molecule has 0 aliphatic carbocycles. The highest BCUT2D eigenvalue weighted by Crippen LogP contribution is 2.32. The molecule has 4 nitrogen and oxygen atoms in total. The molecule has 0 spiro atoms. The molecule has 1 aromatic carbocycles. The molecular weight excluding hydrogens is 208 g/mol. The third-order valence-corrected chi connectivity index (χ3v) is 1.69. The zero-order valence-electron chi connectivity index (χ0n) is 9.02. The van der Waals surface area contributed by atoms with Gasteiger partial charge in [0.2, 0.25) is 0 Å². The summed E-state index contributed by atoms with van der Waals surface area (Å²) in [4.78, 5) is 21.7. The van der Waals surface area contributed by atoms with E-state index in [1.54, 1.807) is 12.1 Å². The Bertz CT molecular complexity index is 435. The number of para-hydroxylation sites is 1. The SMILES string of the molecule is [CH]=Cc1cccc(OC(C)=O)c1OC(C)=O. The van der Waals surface area contributed by atoms with E-state index in [2.05, 4.69) is 0 Å². The van der Waals surface area contributed by atoms with Crippen molar-refractivity contribution in [1.82, 2.24) is 0 Å². The van der Waals surface area contributed by atoms with Gasteiger partial charge in [0.25, 0.3) is 0 Å². The Morgan fingerprint density at radius 1 is 1.19 bits per heavy atom. The van der Waals surface area contributed by atoms with Crippen LogP contribution in [0.3, 0.4) is 0 Å². The normalized spacial score (nSPS) is 9.38. The van der Waals surface area contributed by atoms with Crippen LogP contribution in [-0.4, -0.2) is 11.9 Å². The summed E-state index contributed by atoms with van der Waals surface area (Å²) in [5.41, 5.74) is 0.481. The zero-order chi connectivity index (χ0) is 12.1. The number of hydrogen-bond acceptors (Lipinski definition) is 4.